The number of H-pyrrole nitrogens is 1. The molecule has 0 aliphatic heterocycles. The minimum atomic E-state index is 0.0244. The molecule has 0 bridgehead atoms. The summed E-state index contributed by atoms with van der Waals surface area (Å²) < 4.78 is 5.16. The van der Waals surface area contributed by atoms with Gasteiger partial charge in [0.05, 0.1) is 13.7 Å². The fourth-order valence-electron chi connectivity index (χ4n) is 2.77. The molecule has 0 aliphatic carbocycles. The number of rotatable bonds is 7. The molecule has 2 aromatic carbocycles. The summed E-state index contributed by atoms with van der Waals surface area (Å²) in [6.07, 6.45) is 2.82. The average Bonchev–Trinajstić information content (AvgIpc) is 3.02. The molecule has 1 atom stereocenters. The van der Waals surface area contributed by atoms with Crippen molar-refractivity contribution in [2.45, 2.75) is 19.0 Å². The zero-order chi connectivity index (χ0) is 16.1. The third-order valence-corrected chi connectivity index (χ3v) is 4.12. The lowest BCUT2D eigenvalue weighted by Gasteiger charge is -2.16. The SMILES string of the molecule is COc1ccc(CNC(CO)Cc2c[nH]c3ccccc23)cc1. The summed E-state index contributed by atoms with van der Waals surface area (Å²) in [5, 5.41) is 14.3. The van der Waals surface area contributed by atoms with Crippen molar-refractivity contribution in [2.24, 2.45) is 0 Å². The first kappa shape index (κ1) is 15.6. The van der Waals surface area contributed by atoms with E-state index in [1.54, 1.807) is 7.11 Å². The van der Waals surface area contributed by atoms with Crippen LogP contribution in [0, 0.1) is 0 Å². The van der Waals surface area contributed by atoms with Crippen LogP contribution in [-0.4, -0.2) is 29.8 Å². The van der Waals surface area contributed by atoms with Gasteiger partial charge >= 0.3 is 0 Å². The molecule has 23 heavy (non-hydrogen) atoms. The number of hydrogen-bond donors (Lipinski definition) is 3. The number of hydrogen-bond acceptors (Lipinski definition) is 3. The molecule has 4 nitrogen and oxygen atoms in total. The first-order chi connectivity index (χ1) is 11.3. The summed E-state index contributed by atoms with van der Waals surface area (Å²) in [5.74, 6) is 0.853. The van der Waals surface area contributed by atoms with E-state index in [0.717, 1.165) is 24.2 Å². The second-order valence-electron chi connectivity index (χ2n) is 5.67. The molecule has 3 N–H and O–H groups in total. The van der Waals surface area contributed by atoms with E-state index < -0.39 is 0 Å². The smallest absolute Gasteiger partial charge is 0.118 e. The zero-order valence-corrected chi connectivity index (χ0v) is 13.3. The fourth-order valence-corrected chi connectivity index (χ4v) is 2.77. The molecule has 0 saturated heterocycles. The number of aliphatic hydroxyl groups excluding tert-OH is 1. The van der Waals surface area contributed by atoms with Crippen molar-refractivity contribution in [1.29, 1.82) is 0 Å². The van der Waals surface area contributed by atoms with Gasteiger partial charge in [0.1, 0.15) is 5.75 Å². The molecule has 1 unspecified atom stereocenters. The molecule has 0 spiro atoms. The van der Waals surface area contributed by atoms with Gasteiger partial charge in [0.15, 0.2) is 0 Å². The number of ether oxygens (including phenoxy) is 1. The number of para-hydroxylation sites is 1. The van der Waals surface area contributed by atoms with Crippen LogP contribution in [0.3, 0.4) is 0 Å². The van der Waals surface area contributed by atoms with Crippen molar-refractivity contribution in [3.63, 3.8) is 0 Å². The van der Waals surface area contributed by atoms with Crippen LogP contribution in [-0.2, 0) is 13.0 Å². The van der Waals surface area contributed by atoms with Crippen molar-refractivity contribution >= 4 is 10.9 Å². The highest BCUT2D eigenvalue weighted by molar-refractivity contribution is 5.83. The minimum Gasteiger partial charge on any atom is -0.497 e. The van der Waals surface area contributed by atoms with Gasteiger partial charge in [-0.1, -0.05) is 30.3 Å². The lowest BCUT2D eigenvalue weighted by atomic mass is 10.1. The summed E-state index contributed by atoms with van der Waals surface area (Å²) in [4.78, 5) is 3.28. The van der Waals surface area contributed by atoms with Crippen LogP contribution < -0.4 is 10.1 Å². The Bertz CT molecular complexity index is 749. The minimum absolute atomic E-state index is 0.0244. The van der Waals surface area contributed by atoms with Gasteiger partial charge in [-0.05, 0) is 35.7 Å². The molecule has 4 heteroatoms. The highest BCUT2D eigenvalue weighted by atomic mass is 16.5. The molecule has 120 valence electrons. The van der Waals surface area contributed by atoms with E-state index in [0.29, 0.717) is 0 Å². The molecule has 3 rings (SSSR count). The number of aromatic nitrogens is 1. The van der Waals surface area contributed by atoms with E-state index in [2.05, 4.69) is 22.4 Å². The summed E-state index contributed by atoms with van der Waals surface area (Å²) in [6, 6.07) is 16.2. The Hall–Kier alpha value is -2.30. The standard InChI is InChI=1S/C19H22N2O2/c1-23-17-8-6-14(7-9-17)11-20-16(13-22)10-15-12-21-19-5-3-2-4-18(15)19/h2-9,12,16,20-22H,10-11,13H2,1H3. The predicted molar refractivity (Wildman–Crippen MR) is 92.7 cm³/mol. The van der Waals surface area contributed by atoms with E-state index in [1.807, 2.05) is 42.6 Å². The van der Waals surface area contributed by atoms with Crippen molar-refractivity contribution in [1.82, 2.24) is 10.3 Å². The van der Waals surface area contributed by atoms with E-state index in [-0.39, 0.29) is 12.6 Å². The Balaban J connectivity index is 1.63. The molecule has 1 aromatic heterocycles. The van der Waals surface area contributed by atoms with E-state index in [9.17, 15) is 5.11 Å². The van der Waals surface area contributed by atoms with Gasteiger partial charge < -0.3 is 20.1 Å². The van der Waals surface area contributed by atoms with E-state index in [4.69, 9.17) is 4.74 Å². The lowest BCUT2D eigenvalue weighted by molar-refractivity contribution is 0.241. The third kappa shape index (κ3) is 3.73. The van der Waals surface area contributed by atoms with Gasteiger partial charge in [-0.3, -0.25) is 0 Å². The number of benzene rings is 2. The normalized spacial score (nSPS) is 12.4. The average molecular weight is 310 g/mol. The molecule has 0 radical (unpaired) electrons. The number of nitrogens with one attached hydrogen (secondary N) is 2. The Morgan fingerprint density at radius 3 is 2.65 bits per heavy atom. The predicted octanol–water partition coefficient (Wildman–Crippen LogP) is 2.87. The van der Waals surface area contributed by atoms with Crippen LogP contribution in [0.2, 0.25) is 0 Å². The first-order valence-corrected chi connectivity index (χ1v) is 7.82. The first-order valence-electron chi connectivity index (χ1n) is 7.82. The molecule has 1 heterocycles. The maximum Gasteiger partial charge on any atom is 0.118 e. The van der Waals surface area contributed by atoms with Crippen LogP contribution in [0.1, 0.15) is 11.1 Å². The maximum absolute atomic E-state index is 9.66. The molecule has 0 fully saturated rings. The van der Waals surface area contributed by atoms with E-state index in [1.165, 1.54) is 16.5 Å². The second kappa shape index (κ2) is 7.31. The Morgan fingerprint density at radius 2 is 1.91 bits per heavy atom. The quantitative estimate of drug-likeness (QED) is 0.629. The van der Waals surface area contributed by atoms with Crippen LogP contribution in [0.5, 0.6) is 5.75 Å². The van der Waals surface area contributed by atoms with Crippen LogP contribution in [0.4, 0.5) is 0 Å². The van der Waals surface area contributed by atoms with Gasteiger partial charge in [0, 0.05) is 29.7 Å². The highest BCUT2D eigenvalue weighted by Crippen LogP contribution is 2.19. The van der Waals surface area contributed by atoms with Gasteiger partial charge in [0.25, 0.3) is 0 Å². The molecule has 0 aliphatic rings. The lowest BCUT2D eigenvalue weighted by Crippen LogP contribution is -2.33. The molecular weight excluding hydrogens is 288 g/mol. The van der Waals surface area contributed by atoms with E-state index >= 15 is 0 Å². The zero-order valence-electron chi connectivity index (χ0n) is 13.3. The van der Waals surface area contributed by atoms with Crippen LogP contribution >= 0.6 is 0 Å². The number of methoxy groups -OCH3 is 1. The van der Waals surface area contributed by atoms with Crippen molar-refractivity contribution < 1.29 is 9.84 Å². The number of aliphatic hydroxyl groups is 1. The molecular formula is C19H22N2O2. The van der Waals surface area contributed by atoms with Gasteiger partial charge in [0.2, 0.25) is 0 Å². The maximum atomic E-state index is 9.66. The van der Waals surface area contributed by atoms with Crippen molar-refractivity contribution in [3.8, 4) is 5.75 Å². The number of aromatic amines is 1. The number of fused-ring (bicyclic) bond motifs is 1. The summed E-state index contributed by atoms with van der Waals surface area (Å²) in [5.41, 5.74) is 3.53. The third-order valence-electron chi connectivity index (χ3n) is 4.12. The van der Waals surface area contributed by atoms with Crippen molar-refractivity contribution in [3.05, 3.63) is 65.9 Å². The van der Waals surface area contributed by atoms with Crippen LogP contribution in [0.25, 0.3) is 10.9 Å². The second-order valence-corrected chi connectivity index (χ2v) is 5.67. The topological polar surface area (TPSA) is 57.3 Å². The van der Waals surface area contributed by atoms with Gasteiger partial charge in [-0.25, -0.2) is 0 Å². The van der Waals surface area contributed by atoms with Gasteiger partial charge in [-0.15, -0.1) is 0 Å². The Morgan fingerprint density at radius 1 is 1.13 bits per heavy atom. The van der Waals surface area contributed by atoms with Gasteiger partial charge in [-0.2, -0.15) is 0 Å². The monoisotopic (exact) mass is 310 g/mol. The van der Waals surface area contributed by atoms with Crippen LogP contribution in [0.15, 0.2) is 54.7 Å². The Labute approximate surface area is 136 Å². The van der Waals surface area contributed by atoms with Crippen molar-refractivity contribution in [2.75, 3.05) is 13.7 Å². The molecule has 0 saturated carbocycles. The molecule has 3 aromatic rings. The fraction of sp³-hybridized carbons (Fsp3) is 0.263. The highest BCUT2D eigenvalue weighted by Gasteiger charge is 2.11. The largest absolute Gasteiger partial charge is 0.497 e. The molecule has 0 amide bonds. The summed E-state index contributed by atoms with van der Waals surface area (Å²) in [7, 11) is 1.66. The summed E-state index contributed by atoms with van der Waals surface area (Å²) in [6.45, 7) is 0.827. The Kier molecular flexibility index (Phi) is 4.95. The summed E-state index contributed by atoms with van der Waals surface area (Å²) >= 11 is 0.